The first-order valence-electron chi connectivity index (χ1n) is 9.02. The lowest BCUT2D eigenvalue weighted by molar-refractivity contribution is 0.470. The van der Waals surface area contributed by atoms with Gasteiger partial charge in [0.05, 0.1) is 11.2 Å². The molecule has 2 aromatic heterocycles. The molecule has 25 heavy (non-hydrogen) atoms. The Morgan fingerprint density at radius 1 is 1.08 bits per heavy atom. The van der Waals surface area contributed by atoms with Crippen LogP contribution < -0.4 is 10.6 Å². The van der Waals surface area contributed by atoms with Crippen LogP contribution in [0.25, 0.3) is 22.2 Å². The summed E-state index contributed by atoms with van der Waals surface area (Å²) in [5, 5.41) is 1.09. The van der Waals surface area contributed by atoms with Gasteiger partial charge in [-0.2, -0.15) is 0 Å². The van der Waals surface area contributed by atoms with Crippen molar-refractivity contribution >= 4 is 22.7 Å². The van der Waals surface area contributed by atoms with Crippen molar-refractivity contribution in [3.05, 3.63) is 41.6 Å². The summed E-state index contributed by atoms with van der Waals surface area (Å²) in [6, 6.07) is 10.7. The third-order valence-electron chi connectivity index (χ3n) is 5.48. The second-order valence-electron chi connectivity index (χ2n) is 7.13. The molecule has 1 saturated heterocycles. The van der Waals surface area contributed by atoms with Crippen LogP contribution in [0.1, 0.15) is 31.0 Å². The fourth-order valence-electron chi connectivity index (χ4n) is 3.89. The van der Waals surface area contributed by atoms with Gasteiger partial charge in [0.15, 0.2) is 0 Å². The molecule has 0 bridgehead atoms. The highest BCUT2D eigenvalue weighted by Crippen LogP contribution is 2.34. The number of nitrogens with zero attached hydrogens (tertiary/aromatic N) is 4. The van der Waals surface area contributed by atoms with E-state index < -0.39 is 0 Å². The predicted molar refractivity (Wildman–Crippen MR) is 101 cm³/mol. The monoisotopic (exact) mass is 331 g/mol. The molecule has 126 valence electrons. The zero-order chi connectivity index (χ0) is 17.0. The molecule has 1 aromatic carbocycles. The Balaban J connectivity index is 1.66. The minimum Gasteiger partial charge on any atom is -0.384 e. The van der Waals surface area contributed by atoms with E-state index in [1.807, 2.05) is 18.2 Å². The average Bonchev–Trinajstić information content (AvgIpc) is 3.08. The fraction of sp³-hybridized carbons (Fsp3) is 0.350. The van der Waals surface area contributed by atoms with Crippen LogP contribution in [-0.2, 0) is 12.8 Å². The largest absolute Gasteiger partial charge is 0.384 e. The van der Waals surface area contributed by atoms with Gasteiger partial charge >= 0.3 is 0 Å². The quantitative estimate of drug-likeness (QED) is 0.780. The number of anilines is 2. The molecular formula is C20H21N5. The summed E-state index contributed by atoms with van der Waals surface area (Å²) in [5.41, 5.74) is 11.5. The van der Waals surface area contributed by atoms with Crippen molar-refractivity contribution in [2.45, 2.75) is 38.6 Å². The van der Waals surface area contributed by atoms with E-state index in [0.29, 0.717) is 11.9 Å². The summed E-state index contributed by atoms with van der Waals surface area (Å²) in [6.45, 7) is 3.30. The second kappa shape index (κ2) is 5.41. The van der Waals surface area contributed by atoms with Gasteiger partial charge in [-0.25, -0.2) is 15.0 Å². The molecule has 5 nitrogen and oxygen atoms in total. The van der Waals surface area contributed by atoms with Crippen molar-refractivity contribution in [2.24, 2.45) is 0 Å². The van der Waals surface area contributed by atoms with Crippen molar-refractivity contribution in [2.75, 3.05) is 17.2 Å². The van der Waals surface area contributed by atoms with Gasteiger partial charge in [-0.05, 0) is 56.9 Å². The third-order valence-corrected chi connectivity index (χ3v) is 5.48. The number of fused-ring (bicyclic) bond motifs is 2. The molecule has 1 aliphatic heterocycles. The number of benzene rings is 1. The molecule has 3 heterocycles. The molecule has 0 radical (unpaired) electrons. The average molecular weight is 331 g/mol. The Hall–Kier alpha value is -2.69. The first kappa shape index (κ1) is 14.6. The number of aromatic nitrogens is 3. The van der Waals surface area contributed by atoms with E-state index in [4.69, 9.17) is 15.7 Å². The highest BCUT2D eigenvalue weighted by Gasteiger charge is 2.29. The van der Waals surface area contributed by atoms with E-state index in [-0.39, 0.29) is 0 Å². The SMILES string of the molecule is C[C@H]1CCN1c1nc2c(c(-c3ccc4nc(N)ccc4c3)n1)CCC2. The summed E-state index contributed by atoms with van der Waals surface area (Å²) in [7, 11) is 0. The Kier molecular flexibility index (Phi) is 3.17. The number of pyridine rings is 1. The normalized spacial score (nSPS) is 19.1. The number of aryl methyl sites for hydroxylation is 1. The van der Waals surface area contributed by atoms with Crippen LogP contribution in [0.4, 0.5) is 11.8 Å². The lowest BCUT2D eigenvalue weighted by Crippen LogP contribution is -2.46. The van der Waals surface area contributed by atoms with Gasteiger partial charge in [-0.3, -0.25) is 0 Å². The van der Waals surface area contributed by atoms with Crippen LogP contribution in [0, 0.1) is 0 Å². The maximum absolute atomic E-state index is 5.80. The number of nitrogen functional groups attached to an aromatic ring is 1. The van der Waals surface area contributed by atoms with Gasteiger partial charge in [-0.1, -0.05) is 6.07 Å². The fourth-order valence-corrected chi connectivity index (χ4v) is 3.89. The summed E-state index contributed by atoms with van der Waals surface area (Å²) in [6.07, 6.45) is 4.52. The van der Waals surface area contributed by atoms with Crippen molar-refractivity contribution in [1.29, 1.82) is 0 Å². The summed E-state index contributed by atoms with van der Waals surface area (Å²) in [4.78, 5) is 16.6. The van der Waals surface area contributed by atoms with E-state index in [1.54, 1.807) is 0 Å². The molecular weight excluding hydrogens is 310 g/mol. The van der Waals surface area contributed by atoms with Crippen molar-refractivity contribution in [3.63, 3.8) is 0 Å². The summed E-state index contributed by atoms with van der Waals surface area (Å²) in [5.74, 6) is 1.45. The Bertz CT molecular complexity index is 981. The number of rotatable bonds is 2. The van der Waals surface area contributed by atoms with Gasteiger partial charge in [0.25, 0.3) is 0 Å². The third kappa shape index (κ3) is 2.34. The predicted octanol–water partition coefficient (Wildman–Crippen LogP) is 3.36. The zero-order valence-corrected chi connectivity index (χ0v) is 14.4. The smallest absolute Gasteiger partial charge is 0.226 e. The molecule has 1 atom stereocenters. The number of nitrogens with two attached hydrogens (primary N) is 1. The molecule has 0 saturated carbocycles. The Morgan fingerprint density at radius 3 is 2.80 bits per heavy atom. The maximum atomic E-state index is 5.80. The minimum atomic E-state index is 0.538. The highest BCUT2D eigenvalue weighted by molar-refractivity contribution is 5.85. The number of hydrogen-bond donors (Lipinski definition) is 1. The van der Waals surface area contributed by atoms with Crippen LogP contribution in [0.3, 0.4) is 0 Å². The summed E-state index contributed by atoms with van der Waals surface area (Å²) < 4.78 is 0. The first-order valence-corrected chi connectivity index (χ1v) is 9.02. The lowest BCUT2D eigenvalue weighted by atomic mass is 10.0. The molecule has 5 heteroatoms. The van der Waals surface area contributed by atoms with Gasteiger partial charge in [0.1, 0.15) is 5.82 Å². The molecule has 2 aliphatic rings. The van der Waals surface area contributed by atoms with E-state index in [9.17, 15) is 0 Å². The molecule has 0 spiro atoms. The molecule has 2 N–H and O–H groups in total. The van der Waals surface area contributed by atoms with Crippen LogP contribution in [0.2, 0.25) is 0 Å². The second-order valence-corrected chi connectivity index (χ2v) is 7.13. The van der Waals surface area contributed by atoms with Crippen LogP contribution in [-0.4, -0.2) is 27.5 Å². The first-order chi connectivity index (χ1) is 12.2. The molecule has 0 unspecified atom stereocenters. The van der Waals surface area contributed by atoms with Crippen molar-refractivity contribution in [1.82, 2.24) is 15.0 Å². The molecule has 1 fully saturated rings. The van der Waals surface area contributed by atoms with Gasteiger partial charge < -0.3 is 10.6 Å². The van der Waals surface area contributed by atoms with Gasteiger partial charge in [0.2, 0.25) is 5.95 Å². The maximum Gasteiger partial charge on any atom is 0.226 e. The molecule has 0 amide bonds. The van der Waals surface area contributed by atoms with E-state index >= 15 is 0 Å². The number of hydrogen-bond acceptors (Lipinski definition) is 5. The van der Waals surface area contributed by atoms with E-state index in [0.717, 1.165) is 47.5 Å². The van der Waals surface area contributed by atoms with E-state index in [2.05, 4.69) is 28.9 Å². The van der Waals surface area contributed by atoms with Gasteiger partial charge in [-0.15, -0.1) is 0 Å². The minimum absolute atomic E-state index is 0.538. The Morgan fingerprint density at radius 2 is 2.00 bits per heavy atom. The lowest BCUT2D eigenvalue weighted by Gasteiger charge is -2.39. The van der Waals surface area contributed by atoms with Crippen LogP contribution in [0.15, 0.2) is 30.3 Å². The van der Waals surface area contributed by atoms with Crippen LogP contribution >= 0.6 is 0 Å². The Labute approximate surface area is 146 Å². The summed E-state index contributed by atoms with van der Waals surface area (Å²) >= 11 is 0. The van der Waals surface area contributed by atoms with Crippen LogP contribution in [0.5, 0.6) is 0 Å². The molecule has 5 rings (SSSR count). The van der Waals surface area contributed by atoms with E-state index in [1.165, 1.54) is 24.1 Å². The standard InChI is InChI=1S/C20H21N5/c1-12-9-10-25(12)20-23-17-4-2-3-15(17)19(24-20)14-5-7-16-13(11-14)6-8-18(21)22-16/h5-8,11-12H,2-4,9-10H2,1H3,(H2,21,22)/t12-/m0/s1. The zero-order valence-electron chi connectivity index (χ0n) is 14.4. The highest BCUT2D eigenvalue weighted by atomic mass is 15.3. The van der Waals surface area contributed by atoms with Crippen molar-refractivity contribution in [3.8, 4) is 11.3 Å². The van der Waals surface area contributed by atoms with Crippen molar-refractivity contribution < 1.29 is 0 Å². The topological polar surface area (TPSA) is 67.9 Å². The molecule has 1 aliphatic carbocycles. The van der Waals surface area contributed by atoms with Gasteiger partial charge in [0, 0.05) is 34.8 Å². The molecule has 3 aromatic rings.